The molecule has 0 saturated heterocycles. The van der Waals surface area contributed by atoms with E-state index in [2.05, 4.69) is 10.6 Å². The number of nitrogens with two attached hydrogens (primary N) is 1. The van der Waals surface area contributed by atoms with Crippen molar-refractivity contribution in [3.8, 4) is 0 Å². The van der Waals surface area contributed by atoms with Crippen LogP contribution in [0.2, 0.25) is 0 Å². The van der Waals surface area contributed by atoms with Gasteiger partial charge in [-0.25, -0.2) is 0 Å². The molecule has 0 radical (unpaired) electrons. The quantitative estimate of drug-likeness (QED) is 0.794. The molecule has 2 rings (SSSR count). The van der Waals surface area contributed by atoms with Gasteiger partial charge in [-0.2, -0.15) is 0 Å². The van der Waals surface area contributed by atoms with E-state index in [9.17, 15) is 9.59 Å². The fraction of sp³-hybridized carbons (Fsp3) is 0.500. The molecule has 5 nitrogen and oxygen atoms in total. The molecule has 1 aromatic carbocycles. The van der Waals surface area contributed by atoms with Crippen molar-refractivity contribution in [1.29, 1.82) is 0 Å². The summed E-state index contributed by atoms with van der Waals surface area (Å²) >= 11 is 0. The van der Waals surface area contributed by atoms with Crippen LogP contribution in [0, 0.1) is 0 Å². The molecule has 0 atom stereocenters. The van der Waals surface area contributed by atoms with Gasteiger partial charge in [0.1, 0.15) is 0 Å². The second kappa shape index (κ2) is 8.15. The zero-order valence-corrected chi connectivity index (χ0v) is 13.7. The van der Waals surface area contributed by atoms with Gasteiger partial charge in [0.2, 0.25) is 11.8 Å². The van der Waals surface area contributed by atoms with Crippen molar-refractivity contribution in [2.75, 3.05) is 5.32 Å². The van der Waals surface area contributed by atoms with Gasteiger partial charge in [0, 0.05) is 19.2 Å². The van der Waals surface area contributed by atoms with Gasteiger partial charge in [-0.05, 0) is 30.5 Å². The first-order valence-electron chi connectivity index (χ1n) is 7.43. The van der Waals surface area contributed by atoms with E-state index in [-0.39, 0.29) is 24.2 Å². The topological polar surface area (TPSA) is 84.2 Å². The molecule has 4 N–H and O–H groups in total. The third-order valence-electron chi connectivity index (χ3n) is 3.90. The lowest BCUT2D eigenvalue weighted by atomic mass is 9.82. The lowest BCUT2D eigenvalue weighted by Crippen LogP contribution is -2.54. The molecule has 0 unspecified atom stereocenters. The summed E-state index contributed by atoms with van der Waals surface area (Å²) in [7, 11) is 0. The largest absolute Gasteiger partial charge is 0.350 e. The van der Waals surface area contributed by atoms with E-state index in [1.165, 1.54) is 6.92 Å². The minimum atomic E-state index is -0.715. The molecule has 1 aliphatic rings. The van der Waals surface area contributed by atoms with Gasteiger partial charge in [0.05, 0.1) is 5.54 Å². The Morgan fingerprint density at radius 1 is 1.23 bits per heavy atom. The Kier molecular flexibility index (Phi) is 6.84. The number of anilines is 1. The molecule has 2 amide bonds. The molecular formula is C16H24ClN3O2. The Balaban J connectivity index is 0.00000242. The van der Waals surface area contributed by atoms with Gasteiger partial charge >= 0.3 is 0 Å². The van der Waals surface area contributed by atoms with E-state index in [1.54, 1.807) is 0 Å². The maximum atomic E-state index is 12.3. The molecule has 0 aliphatic heterocycles. The van der Waals surface area contributed by atoms with Crippen LogP contribution in [-0.2, 0) is 16.1 Å². The monoisotopic (exact) mass is 325 g/mol. The first-order valence-corrected chi connectivity index (χ1v) is 7.43. The molecule has 122 valence electrons. The zero-order chi connectivity index (χ0) is 15.3. The number of hydrogen-bond acceptors (Lipinski definition) is 3. The standard InChI is InChI=1S/C16H23N3O2.ClH/c1-12(20)19-14-7-5-6-13(10-14)11-18-15(21)16(17)8-3-2-4-9-16;/h5-7,10H,2-4,8-9,11,17H2,1H3,(H,18,21)(H,19,20);1H. The van der Waals surface area contributed by atoms with Gasteiger partial charge in [0.25, 0.3) is 0 Å². The summed E-state index contributed by atoms with van der Waals surface area (Å²) in [4.78, 5) is 23.3. The molecule has 0 spiro atoms. The summed E-state index contributed by atoms with van der Waals surface area (Å²) < 4.78 is 0. The van der Waals surface area contributed by atoms with E-state index in [4.69, 9.17) is 5.73 Å². The van der Waals surface area contributed by atoms with E-state index in [0.717, 1.165) is 43.4 Å². The molecule has 1 saturated carbocycles. The lowest BCUT2D eigenvalue weighted by molar-refractivity contribution is -0.127. The number of amides is 2. The van der Waals surface area contributed by atoms with Gasteiger partial charge < -0.3 is 16.4 Å². The summed E-state index contributed by atoms with van der Waals surface area (Å²) in [6.45, 7) is 1.89. The maximum Gasteiger partial charge on any atom is 0.240 e. The number of rotatable bonds is 4. The zero-order valence-electron chi connectivity index (χ0n) is 12.9. The van der Waals surface area contributed by atoms with Crippen LogP contribution in [-0.4, -0.2) is 17.4 Å². The number of halogens is 1. The summed E-state index contributed by atoms with van der Waals surface area (Å²) in [5, 5.41) is 5.64. The third kappa shape index (κ3) is 5.00. The highest BCUT2D eigenvalue weighted by Crippen LogP contribution is 2.26. The van der Waals surface area contributed by atoms with Crippen LogP contribution in [0.1, 0.15) is 44.6 Å². The van der Waals surface area contributed by atoms with E-state index in [1.807, 2.05) is 24.3 Å². The number of hydrogen-bond donors (Lipinski definition) is 3. The Morgan fingerprint density at radius 2 is 1.91 bits per heavy atom. The van der Waals surface area contributed by atoms with Gasteiger partial charge in [-0.3, -0.25) is 9.59 Å². The maximum absolute atomic E-state index is 12.3. The van der Waals surface area contributed by atoms with Crippen molar-refractivity contribution in [3.63, 3.8) is 0 Å². The van der Waals surface area contributed by atoms with Crippen LogP contribution in [0.25, 0.3) is 0 Å². The second-order valence-corrected chi connectivity index (χ2v) is 5.78. The second-order valence-electron chi connectivity index (χ2n) is 5.78. The van der Waals surface area contributed by atoms with Gasteiger partial charge in [-0.1, -0.05) is 31.4 Å². The molecular weight excluding hydrogens is 302 g/mol. The van der Waals surface area contributed by atoms with Crippen molar-refractivity contribution in [3.05, 3.63) is 29.8 Å². The van der Waals surface area contributed by atoms with Crippen LogP contribution >= 0.6 is 12.4 Å². The Morgan fingerprint density at radius 3 is 2.55 bits per heavy atom. The lowest BCUT2D eigenvalue weighted by Gasteiger charge is -2.31. The van der Waals surface area contributed by atoms with Gasteiger partial charge in [0.15, 0.2) is 0 Å². The number of carbonyl (C=O) groups excluding carboxylic acids is 2. The molecule has 0 heterocycles. The fourth-order valence-electron chi connectivity index (χ4n) is 2.73. The van der Waals surface area contributed by atoms with E-state index in [0.29, 0.717) is 6.54 Å². The van der Waals surface area contributed by atoms with Gasteiger partial charge in [-0.15, -0.1) is 12.4 Å². The predicted octanol–water partition coefficient (Wildman–Crippen LogP) is 2.34. The van der Waals surface area contributed by atoms with Crippen molar-refractivity contribution in [2.45, 2.75) is 51.1 Å². The summed E-state index contributed by atoms with van der Waals surface area (Å²) in [5.41, 5.74) is 7.15. The molecule has 1 aliphatic carbocycles. The summed E-state index contributed by atoms with van der Waals surface area (Å²) in [5.74, 6) is -0.188. The first kappa shape index (κ1) is 18.5. The first-order chi connectivity index (χ1) is 9.99. The van der Waals surface area contributed by atoms with Crippen LogP contribution in [0.4, 0.5) is 5.69 Å². The van der Waals surface area contributed by atoms with E-state index >= 15 is 0 Å². The molecule has 6 heteroatoms. The van der Waals surface area contributed by atoms with Crippen LogP contribution in [0.3, 0.4) is 0 Å². The van der Waals surface area contributed by atoms with Crippen molar-refractivity contribution >= 4 is 29.9 Å². The van der Waals surface area contributed by atoms with Crippen molar-refractivity contribution in [1.82, 2.24) is 5.32 Å². The Hall–Kier alpha value is -1.59. The van der Waals surface area contributed by atoms with E-state index < -0.39 is 5.54 Å². The van der Waals surface area contributed by atoms with Crippen LogP contribution in [0.15, 0.2) is 24.3 Å². The average Bonchev–Trinajstić information content (AvgIpc) is 2.45. The average molecular weight is 326 g/mol. The predicted molar refractivity (Wildman–Crippen MR) is 89.8 cm³/mol. The smallest absolute Gasteiger partial charge is 0.240 e. The molecule has 0 bridgehead atoms. The van der Waals surface area contributed by atoms with Crippen molar-refractivity contribution < 1.29 is 9.59 Å². The number of carbonyl (C=O) groups is 2. The highest BCUT2D eigenvalue weighted by Gasteiger charge is 2.34. The van der Waals surface area contributed by atoms with Crippen LogP contribution < -0.4 is 16.4 Å². The number of benzene rings is 1. The third-order valence-corrected chi connectivity index (χ3v) is 3.90. The normalized spacial score (nSPS) is 16.3. The molecule has 1 fully saturated rings. The van der Waals surface area contributed by atoms with Crippen LogP contribution in [0.5, 0.6) is 0 Å². The molecule has 1 aromatic rings. The highest BCUT2D eigenvalue weighted by molar-refractivity contribution is 5.89. The Labute approximate surface area is 137 Å². The minimum Gasteiger partial charge on any atom is -0.350 e. The number of nitrogens with one attached hydrogen (secondary N) is 2. The summed E-state index contributed by atoms with van der Waals surface area (Å²) in [6.07, 6.45) is 4.70. The SMILES string of the molecule is CC(=O)Nc1cccc(CNC(=O)C2(N)CCCCC2)c1.Cl. The van der Waals surface area contributed by atoms with Crippen molar-refractivity contribution in [2.24, 2.45) is 5.73 Å². The molecule has 22 heavy (non-hydrogen) atoms. The minimum absolute atomic E-state index is 0. The fourth-order valence-corrected chi connectivity index (χ4v) is 2.73. The highest BCUT2D eigenvalue weighted by atomic mass is 35.5. The summed E-state index contributed by atoms with van der Waals surface area (Å²) in [6, 6.07) is 7.44. The molecule has 0 aromatic heterocycles. The Bertz CT molecular complexity index is 528.